The topological polar surface area (TPSA) is 178 Å². The van der Waals surface area contributed by atoms with E-state index in [9.17, 15) is 34.4 Å². The van der Waals surface area contributed by atoms with Gasteiger partial charge >= 0.3 is 12.1 Å². The largest absolute Gasteiger partial charge is 0.508 e. The Hall–Kier alpha value is -3.39. The molecule has 4 aliphatic rings. The van der Waals surface area contributed by atoms with E-state index in [1.807, 2.05) is 6.92 Å². The van der Waals surface area contributed by atoms with Gasteiger partial charge in [0.05, 0.1) is 19.3 Å². The summed E-state index contributed by atoms with van der Waals surface area (Å²) in [4.78, 5) is 66.1. The van der Waals surface area contributed by atoms with E-state index in [1.165, 1.54) is 12.2 Å². The maximum Gasteiger partial charge on any atom is 0.508 e. The first-order chi connectivity index (χ1) is 21.7. The van der Waals surface area contributed by atoms with Gasteiger partial charge in [-0.25, -0.2) is 9.18 Å². The maximum absolute atomic E-state index is 17.6. The van der Waals surface area contributed by atoms with Crippen LogP contribution < -0.4 is 0 Å². The Morgan fingerprint density at radius 3 is 2.54 bits per heavy atom. The smallest absolute Gasteiger partial charge is 0.450 e. The van der Waals surface area contributed by atoms with Gasteiger partial charge in [0.2, 0.25) is 5.78 Å². The van der Waals surface area contributed by atoms with Gasteiger partial charge in [0.1, 0.15) is 13.2 Å². The quantitative estimate of drug-likeness (QED) is 0.123. The molecule has 8 atom stereocenters. The number of aliphatic hydroxyl groups excluding tert-OH is 1. The van der Waals surface area contributed by atoms with Gasteiger partial charge in [-0.15, -0.1) is 10.1 Å². The highest BCUT2D eigenvalue weighted by atomic mass is 19.1. The lowest BCUT2D eigenvalue weighted by Gasteiger charge is -2.62. The predicted molar refractivity (Wildman–Crippen MR) is 157 cm³/mol. The molecule has 0 bridgehead atoms. The first-order valence-corrected chi connectivity index (χ1v) is 15.9. The molecule has 0 amide bonds. The third-order valence-corrected chi connectivity index (χ3v) is 10.8. The summed E-state index contributed by atoms with van der Waals surface area (Å²) in [5.41, 5.74) is -5.76. The van der Waals surface area contributed by atoms with Crippen molar-refractivity contribution in [3.8, 4) is 0 Å². The summed E-state index contributed by atoms with van der Waals surface area (Å²) in [6, 6.07) is 0. The van der Waals surface area contributed by atoms with E-state index in [-0.39, 0.29) is 45.1 Å². The average molecular weight is 654 g/mol. The van der Waals surface area contributed by atoms with E-state index in [0.717, 1.165) is 0 Å². The lowest BCUT2D eigenvalue weighted by atomic mass is 9.44. The Balaban J connectivity index is 1.55. The molecule has 0 aromatic rings. The lowest BCUT2D eigenvalue weighted by molar-refractivity contribution is -0.758. The van der Waals surface area contributed by atoms with E-state index in [4.69, 9.17) is 18.9 Å². The molecule has 3 saturated carbocycles. The molecule has 1 N–H and O–H groups in total. The van der Waals surface area contributed by atoms with Crippen LogP contribution in [0.5, 0.6) is 0 Å². The summed E-state index contributed by atoms with van der Waals surface area (Å²) in [6.07, 6.45) is 3.79. The highest BCUT2D eigenvalue weighted by Crippen LogP contribution is 2.71. The highest BCUT2D eigenvalue weighted by molar-refractivity contribution is 6.01. The van der Waals surface area contributed by atoms with Crippen molar-refractivity contribution < 1.29 is 57.5 Å². The van der Waals surface area contributed by atoms with Gasteiger partial charge in [-0.05, 0) is 57.1 Å². The standard InChI is InChI=1S/C32H44FNO12/c1-5-6-7-27(38)46-32(26(37)19-44-28(39)43-14-12-42-13-15-45-34(40)41)20(2)16-24-23-9-8-21-17-22(35)10-11-29(21,3)31(23,33)25(36)18-30(24,32)4/h10-11,17,20,23-25,36H,5-9,12-16,18-19H2,1-4H3/t20-,23?,24?,25-,29-,30-,31-,32-/m0/s1. The summed E-state index contributed by atoms with van der Waals surface area (Å²) in [7, 11) is 0. The molecule has 0 heterocycles. The predicted octanol–water partition coefficient (Wildman–Crippen LogP) is 4.02. The fourth-order valence-corrected chi connectivity index (χ4v) is 8.68. The summed E-state index contributed by atoms with van der Waals surface area (Å²) >= 11 is 0. The Labute approximate surface area is 266 Å². The van der Waals surface area contributed by atoms with Gasteiger partial charge in [0.15, 0.2) is 23.7 Å². The van der Waals surface area contributed by atoms with Crippen LogP contribution in [0.3, 0.4) is 0 Å². The number of aliphatic hydroxyl groups is 1. The van der Waals surface area contributed by atoms with Gasteiger partial charge in [0.25, 0.3) is 5.09 Å². The second-order valence-corrected chi connectivity index (χ2v) is 13.2. The minimum Gasteiger partial charge on any atom is -0.450 e. The monoisotopic (exact) mass is 653 g/mol. The zero-order valence-electron chi connectivity index (χ0n) is 26.8. The van der Waals surface area contributed by atoms with Crippen LogP contribution in [0.1, 0.15) is 72.6 Å². The van der Waals surface area contributed by atoms with Crippen LogP contribution in [-0.4, -0.2) is 84.3 Å². The molecule has 14 heteroatoms. The minimum absolute atomic E-state index is 0.0542. The van der Waals surface area contributed by atoms with E-state index >= 15 is 4.39 Å². The van der Waals surface area contributed by atoms with Gasteiger partial charge in [-0.3, -0.25) is 14.4 Å². The Morgan fingerprint density at radius 1 is 1.13 bits per heavy atom. The van der Waals surface area contributed by atoms with Crippen molar-refractivity contribution >= 4 is 23.7 Å². The number of hydrogen-bond acceptors (Lipinski definition) is 12. The van der Waals surface area contributed by atoms with Crippen molar-refractivity contribution in [3.63, 3.8) is 0 Å². The Bertz CT molecular complexity index is 1290. The number of hydrogen-bond donors (Lipinski definition) is 1. The normalized spacial score (nSPS) is 36.0. The van der Waals surface area contributed by atoms with Gasteiger partial charge < -0.3 is 28.9 Å². The van der Waals surface area contributed by atoms with Crippen LogP contribution >= 0.6 is 0 Å². The number of rotatable bonds is 14. The van der Waals surface area contributed by atoms with Crippen molar-refractivity contribution in [1.29, 1.82) is 0 Å². The number of fused-ring (bicyclic) bond motifs is 5. The Kier molecular flexibility index (Phi) is 10.6. The van der Waals surface area contributed by atoms with Crippen LogP contribution in [0, 0.1) is 38.7 Å². The zero-order valence-corrected chi connectivity index (χ0v) is 26.8. The van der Waals surface area contributed by atoms with Gasteiger partial charge in [-0.2, -0.15) is 0 Å². The van der Waals surface area contributed by atoms with Crippen molar-refractivity contribution in [3.05, 3.63) is 33.9 Å². The third kappa shape index (κ3) is 6.05. The number of ketones is 2. The number of halogens is 1. The summed E-state index contributed by atoms with van der Waals surface area (Å²) in [5.74, 6) is -3.31. The van der Waals surface area contributed by atoms with Crippen LogP contribution in [0.4, 0.5) is 9.18 Å². The molecule has 0 aromatic heterocycles. The fourth-order valence-electron chi connectivity index (χ4n) is 8.68. The molecular formula is C32H44FNO12. The molecule has 4 rings (SSSR count). The van der Waals surface area contributed by atoms with Crippen LogP contribution in [0.15, 0.2) is 23.8 Å². The van der Waals surface area contributed by atoms with Crippen LogP contribution in [0.2, 0.25) is 0 Å². The first kappa shape index (κ1) is 35.5. The van der Waals surface area contributed by atoms with Crippen molar-refractivity contribution in [2.45, 2.75) is 90.0 Å². The SMILES string of the molecule is CCCCC(=O)O[C@]1(C(=O)COC(=O)OCCOCCO[N+](=O)[O-])[C@@H](C)CC2C3CCC4=CC(=O)C=C[C@]4(C)[C@@]3(F)[C@@H](O)C[C@@]21C. The average Bonchev–Trinajstić information content (AvgIpc) is 3.21. The molecule has 0 saturated heterocycles. The number of carbonyl (C=O) groups is 4. The second kappa shape index (κ2) is 13.8. The molecule has 4 aliphatic carbocycles. The molecular weight excluding hydrogens is 609 g/mol. The second-order valence-electron chi connectivity index (χ2n) is 13.2. The number of carbonyl (C=O) groups excluding carboxylic acids is 4. The van der Waals surface area contributed by atoms with Crippen molar-refractivity contribution in [2.24, 2.45) is 28.6 Å². The molecule has 2 unspecified atom stereocenters. The molecule has 0 spiro atoms. The first-order valence-electron chi connectivity index (χ1n) is 15.9. The molecule has 13 nitrogen and oxygen atoms in total. The highest BCUT2D eigenvalue weighted by Gasteiger charge is 2.77. The van der Waals surface area contributed by atoms with Gasteiger partial charge in [0, 0.05) is 29.1 Å². The lowest BCUT2D eigenvalue weighted by Crippen LogP contribution is -2.70. The summed E-state index contributed by atoms with van der Waals surface area (Å²) in [5, 5.41) is 20.9. The number of nitrogens with zero attached hydrogens (tertiary/aromatic N) is 1. The minimum atomic E-state index is -2.14. The number of allylic oxidation sites excluding steroid dienone is 4. The number of unbranched alkanes of at least 4 members (excludes halogenated alkanes) is 1. The Morgan fingerprint density at radius 2 is 1.85 bits per heavy atom. The summed E-state index contributed by atoms with van der Waals surface area (Å²) < 4.78 is 38.9. The molecule has 3 fully saturated rings. The van der Waals surface area contributed by atoms with Crippen molar-refractivity contribution in [2.75, 3.05) is 33.0 Å². The third-order valence-electron chi connectivity index (χ3n) is 10.8. The van der Waals surface area contributed by atoms with Crippen molar-refractivity contribution in [1.82, 2.24) is 0 Å². The fraction of sp³-hybridized carbons (Fsp3) is 0.750. The number of ether oxygens (including phenoxy) is 4. The molecule has 0 radical (unpaired) electrons. The van der Waals surface area contributed by atoms with Gasteiger partial charge in [-0.1, -0.05) is 38.8 Å². The van der Waals surface area contributed by atoms with E-state index in [2.05, 4.69) is 4.84 Å². The molecule has 256 valence electrons. The number of Topliss-reactive ketones (excluding diaryl/α,β-unsaturated/α-hetero) is 1. The zero-order chi connectivity index (χ0) is 33.9. The van der Waals surface area contributed by atoms with E-state index in [0.29, 0.717) is 37.7 Å². The summed E-state index contributed by atoms with van der Waals surface area (Å²) in [6.45, 7) is 5.55. The molecule has 0 aromatic carbocycles. The van der Waals surface area contributed by atoms with E-state index in [1.54, 1.807) is 26.8 Å². The molecule has 0 aliphatic heterocycles. The van der Waals surface area contributed by atoms with Crippen LogP contribution in [0.25, 0.3) is 0 Å². The van der Waals surface area contributed by atoms with E-state index < -0.39 is 75.6 Å². The maximum atomic E-state index is 17.6. The molecule has 46 heavy (non-hydrogen) atoms. The number of alkyl halides is 1. The van der Waals surface area contributed by atoms with Crippen LogP contribution in [-0.2, 0) is 38.2 Å². The number of esters is 1.